The Labute approximate surface area is 194 Å². The third-order valence-corrected chi connectivity index (χ3v) is 5.12. The van der Waals surface area contributed by atoms with E-state index in [1.165, 1.54) is 18.2 Å². The number of benzene rings is 2. The second-order valence-electron chi connectivity index (χ2n) is 7.20. The molecule has 0 aliphatic rings. The van der Waals surface area contributed by atoms with Crippen molar-refractivity contribution in [1.29, 1.82) is 10.8 Å². The molecule has 1 amide bonds. The summed E-state index contributed by atoms with van der Waals surface area (Å²) >= 11 is 0. The highest BCUT2D eigenvalue weighted by molar-refractivity contribution is 6.16. The average molecular weight is 456 g/mol. The third-order valence-electron chi connectivity index (χ3n) is 5.12. The quantitative estimate of drug-likeness (QED) is 0.159. The number of aromatic nitrogens is 3. The average Bonchev–Trinajstić information content (AvgIpc) is 3.21. The Kier molecular flexibility index (Phi) is 6.13. The number of rotatable bonds is 7. The van der Waals surface area contributed by atoms with Gasteiger partial charge in [0.25, 0.3) is 5.91 Å². The van der Waals surface area contributed by atoms with Crippen LogP contribution < -0.4 is 16.4 Å². The van der Waals surface area contributed by atoms with Crippen LogP contribution in [0.4, 0.5) is 27.4 Å². The number of hydrogen-bond donors (Lipinski definition) is 5. The maximum Gasteiger partial charge on any atom is 0.258 e. The van der Waals surface area contributed by atoms with Crippen molar-refractivity contribution in [1.82, 2.24) is 14.8 Å². The van der Waals surface area contributed by atoms with Crippen molar-refractivity contribution in [2.75, 3.05) is 16.4 Å². The number of carbonyl (C=O) groups excluding carboxylic acids is 1. The van der Waals surface area contributed by atoms with Crippen molar-refractivity contribution in [3.05, 3.63) is 77.6 Å². The molecule has 0 atom stereocenters. The number of para-hydroxylation sites is 1. The van der Waals surface area contributed by atoms with Gasteiger partial charge in [-0.1, -0.05) is 24.3 Å². The number of anilines is 4. The van der Waals surface area contributed by atoms with E-state index >= 15 is 0 Å². The highest BCUT2D eigenvalue weighted by Gasteiger charge is 2.17. The summed E-state index contributed by atoms with van der Waals surface area (Å²) in [7, 11) is 0. The Balaban J connectivity index is 1.75. The molecule has 2 aromatic carbocycles. The molecule has 34 heavy (non-hydrogen) atoms. The molecule has 2 heterocycles. The fraction of sp³-hybridized carbons (Fsp3) is 0.0417. The molecule has 2 aromatic heterocycles. The first-order valence-corrected chi connectivity index (χ1v) is 10.3. The summed E-state index contributed by atoms with van der Waals surface area (Å²) in [6, 6.07) is 15.4. The van der Waals surface area contributed by atoms with Crippen molar-refractivity contribution in [3.8, 4) is 5.82 Å². The largest absolute Gasteiger partial charge is 0.398 e. The second-order valence-corrected chi connectivity index (χ2v) is 7.20. The van der Waals surface area contributed by atoms with Crippen LogP contribution in [0.1, 0.15) is 12.5 Å². The Morgan fingerprint density at radius 2 is 1.91 bits per heavy atom. The highest BCUT2D eigenvalue weighted by atomic mass is 19.1. The van der Waals surface area contributed by atoms with E-state index in [9.17, 15) is 9.18 Å². The maximum atomic E-state index is 14.8. The van der Waals surface area contributed by atoms with Crippen LogP contribution in [0.25, 0.3) is 16.7 Å². The van der Waals surface area contributed by atoms with E-state index in [0.29, 0.717) is 22.5 Å². The molecule has 10 heteroatoms. The summed E-state index contributed by atoms with van der Waals surface area (Å²) in [5.74, 6) is -0.000521. The smallest absolute Gasteiger partial charge is 0.258 e. The van der Waals surface area contributed by atoms with Crippen molar-refractivity contribution in [2.24, 2.45) is 0 Å². The number of halogens is 1. The summed E-state index contributed by atoms with van der Waals surface area (Å²) in [6.07, 6.45) is 3.37. The number of nitrogens with zero attached hydrogens (tertiary/aromatic N) is 3. The predicted octanol–water partition coefficient (Wildman–Crippen LogP) is 4.42. The van der Waals surface area contributed by atoms with Gasteiger partial charge >= 0.3 is 0 Å². The first-order chi connectivity index (χ1) is 16.5. The Bertz CT molecular complexity index is 1460. The lowest BCUT2D eigenvalue weighted by Gasteiger charge is -2.09. The molecule has 0 unspecified atom stereocenters. The normalized spacial score (nSPS) is 11.3. The van der Waals surface area contributed by atoms with E-state index in [1.54, 1.807) is 29.8 Å². The van der Waals surface area contributed by atoms with Gasteiger partial charge in [0.15, 0.2) is 17.5 Å². The molecule has 0 fully saturated rings. The zero-order chi connectivity index (χ0) is 24.2. The zero-order valence-electron chi connectivity index (χ0n) is 18.1. The number of nitrogens with two attached hydrogens (primary N) is 1. The van der Waals surface area contributed by atoms with Gasteiger partial charge in [0.05, 0.1) is 22.3 Å². The topological polar surface area (TPSA) is 146 Å². The van der Waals surface area contributed by atoms with Gasteiger partial charge in [0.1, 0.15) is 5.82 Å². The number of allylic oxidation sites excluding steroid dienone is 1. The number of hydrogen-bond acceptors (Lipinski definition) is 7. The first-order valence-electron chi connectivity index (χ1n) is 10.3. The summed E-state index contributed by atoms with van der Waals surface area (Å²) in [5.41, 5.74) is 6.95. The van der Waals surface area contributed by atoms with Crippen LogP contribution in [0.15, 0.2) is 66.2 Å². The van der Waals surface area contributed by atoms with Crippen LogP contribution in [-0.4, -0.2) is 33.1 Å². The Morgan fingerprint density at radius 1 is 1.12 bits per heavy atom. The van der Waals surface area contributed by atoms with E-state index in [4.69, 9.17) is 16.6 Å². The van der Waals surface area contributed by atoms with Gasteiger partial charge in [0.2, 0.25) is 0 Å². The van der Waals surface area contributed by atoms with Gasteiger partial charge in [-0.2, -0.15) is 0 Å². The fourth-order valence-corrected chi connectivity index (χ4v) is 3.39. The summed E-state index contributed by atoms with van der Waals surface area (Å²) in [5, 5.41) is 25.7. The standard InChI is InChI=1S/C24H21FN8O/c1-2-14(12-26)24(34)31-20-8-5-9-21(30-20)33-19-7-4-3-6-15(19)23(32-33)29-18-11-10-17(28)16(13-27)22(18)25/h2-13,26-27H,28H2,1H3,(H,29,32)(H,30,31,34)/b14-2+,26-12?,27-13?. The molecule has 0 aliphatic carbocycles. The van der Waals surface area contributed by atoms with E-state index in [1.807, 2.05) is 24.3 Å². The van der Waals surface area contributed by atoms with Crippen molar-refractivity contribution < 1.29 is 9.18 Å². The zero-order valence-corrected chi connectivity index (χ0v) is 18.1. The van der Waals surface area contributed by atoms with E-state index < -0.39 is 11.7 Å². The van der Waals surface area contributed by atoms with Gasteiger partial charge in [-0.15, -0.1) is 5.10 Å². The summed E-state index contributed by atoms with van der Waals surface area (Å²) in [6.45, 7) is 1.67. The molecule has 4 rings (SSSR count). The fourth-order valence-electron chi connectivity index (χ4n) is 3.39. The molecular formula is C24H21FN8O. The molecule has 4 aromatic rings. The SMILES string of the molecule is C/C=C(\C=N)C(=O)Nc1cccc(-n2nc(Nc3ccc(N)c(C=N)c3F)c3ccccc32)n1. The number of fused-ring (bicyclic) bond motifs is 1. The van der Waals surface area contributed by atoms with Crippen LogP contribution in [0, 0.1) is 16.6 Å². The maximum absolute atomic E-state index is 14.8. The molecule has 6 N–H and O–H groups in total. The molecule has 0 radical (unpaired) electrons. The molecule has 170 valence electrons. The minimum Gasteiger partial charge on any atom is -0.398 e. The third kappa shape index (κ3) is 4.11. The minimum atomic E-state index is -0.651. The molecule has 0 bridgehead atoms. The van der Waals surface area contributed by atoms with Crippen LogP contribution >= 0.6 is 0 Å². The number of nitrogens with one attached hydrogen (secondary N) is 4. The molecular weight excluding hydrogens is 435 g/mol. The highest BCUT2D eigenvalue weighted by Crippen LogP contribution is 2.30. The minimum absolute atomic E-state index is 0.00994. The van der Waals surface area contributed by atoms with Crippen LogP contribution in [-0.2, 0) is 4.79 Å². The Morgan fingerprint density at radius 3 is 2.65 bits per heavy atom. The number of carbonyl (C=O) groups is 1. The molecule has 9 nitrogen and oxygen atoms in total. The van der Waals surface area contributed by atoms with Crippen molar-refractivity contribution >= 4 is 52.2 Å². The molecule has 0 spiro atoms. The van der Waals surface area contributed by atoms with E-state index in [-0.39, 0.29) is 28.3 Å². The van der Waals surface area contributed by atoms with E-state index in [2.05, 4.69) is 20.7 Å². The summed E-state index contributed by atoms with van der Waals surface area (Å²) < 4.78 is 16.4. The lowest BCUT2D eigenvalue weighted by molar-refractivity contribution is -0.112. The Hall–Kier alpha value is -4.86. The second kappa shape index (κ2) is 9.33. The monoisotopic (exact) mass is 456 g/mol. The van der Waals surface area contributed by atoms with Crippen LogP contribution in [0.3, 0.4) is 0 Å². The number of pyridine rings is 1. The lowest BCUT2D eigenvalue weighted by atomic mass is 10.1. The summed E-state index contributed by atoms with van der Waals surface area (Å²) in [4.78, 5) is 16.8. The van der Waals surface area contributed by atoms with Crippen LogP contribution in [0.2, 0.25) is 0 Å². The number of nitrogen functional groups attached to an aromatic ring is 1. The molecule has 0 saturated heterocycles. The van der Waals surface area contributed by atoms with Gasteiger partial charge in [-0.05, 0) is 43.3 Å². The van der Waals surface area contributed by atoms with Gasteiger partial charge in [-0.25, -0.2) is 14.1 Å². The molecule has 0 saturated carbocycles. The lowest BCUT2D eigenvalue weighted by Crippen LogP contribution is -2.16. The van der Waals surface area contributed by atoms with Crippen molar-refractivity contribution in [3.63, 3.8) is 0 Å². The molecule has 0 aliphatic heterocycles. The van der Waals surface area contributed by atoms with Gasteiger partial charge < -0.3 is 27.2 Å². The van der Waals surface area contributed by atoms with Crippen molar-refractivity contribution in [2.45, 2.75) is 6.92 Å². The van der Waals surface area contributed by atoms with Gasteiger partial charge in [-0.3, -0.25) is 4.79 Å². The van der Waals surface area contributed by atoms with E-state index in [0.717, 1.165) is 12.4 Å². The van der Waals surface area contributed by atoms with Crippen LogP contribution in [0.5, 0.6) is 0 Å². The van der Waals surface area contributed by atoms with Gasteiger partial charge in [0, 0.05) is 23.5 Å². The number of amides is 1. The first kappa shape index (κ1) is 22.3. The predicted molar refractivity (Wildman–Crippen MR) is 132 cm³/mol.